The zero-order valence-corrected chi connectivity index (χ0v) is 14.4. The first kappa shape index (κ1) is 17.5. The molecule has 2 heterocycles. The monoisotopic (exact) mass is 359 g/mol. The number of urea groups is 1. The fraction of sp³-hybridized carbons (Fsp3) is 0.294. The van der Waals surface area contributed by atoms with Crippen molar-refractivity contribution in [2.75, 3.05) is 10.2 Å². The Hall–Kier alpha value is -3.36. The number of carbonyl (C=O) groups is 4. The van der Waals surface area contributed by atoms with Gasteiger partial charge in [0, 0.05) is 20.0 Å². The Morgan fingerprint density at radius 2 is 1.73 bits per heavy atom. The smallest absolute Gasteiger partial charge is 0.350 e. The molecule has 26 heavy (non-hydrogen) atoms. The van der Waals surface area contributed by atoms with Gasteiger partial charge in [-0.25, -0.2) is 19.3 Å². The first-order chi connectivity index (χ1) is 12.2. The normalized spacial score (nSPS) is 21.9. The van der Waals surface area contributed by atoms with Gasteiger partial charge in [0.25, 0.3) is 11.7 Å². The van der Waals surface area contributed by atoms with Crippen LogP contribution in [0.3, 0.4) is 0 Å². The lowest BCUT2D eigenvalue weighted by Crippen LogP contribution is -2.42. The second kappa shape index (κ2) is 6.17. The molecule has 2 fully saturated rings. The summed E-state index contributed by atoms with van der Waals surface area (Å²) in [5.41, 5.74) is 0.307. The summed E-state index contributed by atoms with van der Waals surface area (Å²) in [6.45, 7) is 4.47. The molecule has 0 aliphatic carbocycles. The molecular formula is C17H17N3O6. The minimum atomic E-state index is -1.33. The molecule has 9 heteroatoms. The Kier molecular flexibility index (Phi) is 4.15. The number of ether oxygens (including phenoxy) is 2. The number of hydrogen-bond donors (Lipinski definition) is 2. The van der Waals surface area contributed by atoms with Crippen LogP contribution in [0.4, 0.5) is 16.2 Å². The number of hydrogen-bond acceptors (Lipinski definition) is 7. The Balaban J connectivity index is 1.88. The van der Waals surface area contributed by atoms with E-state index in [1.807, 2.05) is 0 Å². The largest absolute Gasteiger partial charge is 0.419 e. The van der Waals surface area contributed by atoms with E-state index < -0.39 is 35.7 Å². The average molecular weight is 359 g/mol. The quantitative estimate of drug-likeness (QED) is 0.361. The molecule has 2 saturated heterocycles. The van der Waals surface area contributed by atoms with Crippen molar-refractivity contribution >= 4 is 35.3 Å². The fourth-order valence-corrected chi connectivity index (χ4v) is 2.55. The van der Waals surface area contributed by atoms with Crippen molar-refractivity contribution < 1.29 is 28.7 Å². The minimum absolute atomic E-state index is 0.286. The summed E-state index contributed by atoms with van der Waals surface area (Å²) in [7, 11) is 0. The maximum absolute atomic E-state index is 12.2. The van der Waals surface area contributed by atoms with Crippen molar-refractivity contribution in [3.63, 3.8) is 0 Å². The molecular weight excluding hydrogens is 342 g/mol. The number of amides is 3. The standard InChI is InChI=1S/C17H17N3O6/c1-9-13(21)20(16(24)19-9)12-7-5-4-6-11(12)18-8-10-14(22)25-17(2,3)26-15(10)23/h4-9,18H,1-3H3,(H,19,24). The van der Waals surface area contributed by atoms with Gasteiger partial charge in [0.2, 0.25) is 0 Å². The molecule has 0 saturated carbocycles. The molecule has 0 radical (unpaired) electrons. The topological polar surface area (TPSA) is 114 Å². The number of benzene rings is 1. The predicted molar refractivity (Wildman–Crippen MR) is 89.9 cm³/mol. The maximum atomic E-state index is 12.2. The van der Waals surface area contributed by atoms with Gasteiger partial charge in [0.05, 0.1) is 11.4 Å². The molecule has 1 aromatic rings. The first-order valence-electron chi connectivity index (χ1n) is 7.86. The van der Waals surface area contributed by atoms with E-state index in [0.717, 1.165) is 11.1 Å². The van der Waals surface area contributed by atoms with Crippen molar-refractivity contribution in [3.05, 3.63) is 36.0 Å². The summed E-state index contributed by atoms with van der Waals surface area (Å²) < 4.78 is 10.0. The molecule has 2 aliphatic heterocycles. The Morgan fingerprint density at radius 3 is 2.31 bits per heavy atom. The van der Waals surface area contributed by atoms with E-state index in [1.54, 1.807) is 31.2 Å². The van der Waals surface area contributed by atoms with Gasteiger partial charge in [-0.1, -0.05) is 12.1 Å². The van der Waals surface area contributed by atoms with Crippen molar-refractivity contribution in [1.29, 1.82) is 0 Å². The van der Waals surface area contributed by atoms with E-state index in [1.165, 1.54) is 13.8 Å². The average Bonchev–Trinajstić information content (AvgIpc) is 2.78. The van der Waals surface area contributed by atoms with Crippen LogP contribution in [0.1, 0.15) is 20.8 Å². The third-order valence-electron chi connectivity index (χ3n) is 3.77. The van der Waals surface area contributed by atoms with Gasteiger partial charge < -0.3 is 20.1 Å². The SMILES string of the molecule is CC1NC(=O)N(c2ccccc2NC=C2C(=O)OC(C)(C)OC2=O)C1=O. The number of imide groups is 1. The highest BCUT2D eigenvalue weighted by Crippen LogP contribution is 2.29. The molecule has 1 unspecified atom stereocenters. The highest BCUT2D eigenvalue weighted by molar-refractivity contribution is 6.22. The van der Waals surface area contributed by atoms with Crippen molar-refractivity contribution in [2.24, 2.45) is 0 Å². The van der Waals surface area contributed by atoms with Gasteiger partial charge in [0.15, 0.2) is 5.57 Å². The highest BCUT2D eigenvalue weighted by Gasteiger charge is 2.39. The van der Waals surface area contributed by atoms with E-state index in [-0.39, 0.29) is 11.3 Å². The van der Waals surface area contributed by atoms with Gasteiger partial charge in [-0.2, -0.15) is 0 Å². The molecule has 0 spiro atoms. The number of para-hydroxylation sites is 2. The number of nitrogens with zero attached hydrogens (tertiary/aromatic N) is 1. The third kappa shape index (κ3) is 3.10. The van der Waals surface area contributed by atoms with Crippen LogP contribution in [0.2, 0.25) is 0 Å². The predicted octanol–water partition coefficient (Wildman–Crippen LogP) is 1.26. The lowest BCUT2D eigenvalue weighted by molar-refractivity contribution is -0.222. The lowest BCUT2D eigenvalue weighted by atomic mass is 10.2. The van der Waals surface area contributed by atoms with Crippen LogP contribution in [0.15, 0.2) is 36.0 Å². The lowest BCUT2D eigenvalue weighted by Gasteiger charge is -2.29. The van der Waals surface area contributed by atoms with Crippen LogP contribution in [0, 0.1) is 0 Å². The molecule has 136 valence electrons. The van der Waals surface area contributed by atoms with Gasteiger partial charge >= 0.3 is 18.0 Å². The molecule has 9 nitrogen and oxygen atoms in total. The highest BCUT2D eigenvalue weighted by atomic mass is 16.7. The summed E-state index contributed by atoms with van der Waals surface area (Å²) in [5.74, 6) is -3.41. The molecule has 0 aromatic heterocycles. The summed E-state index contributed by atoms with van der Waals surface area (Å²) in [5, 5.41) is 5.28. The molecule has 0 bridgehead atoms. The van der Waals surface area contributed by atoms with E-state index in [2.05, 4.69) is 10.6 Å². The van der Waals surface area contributed by atoms with E-state index in [9.17, 15) is 19.2 Å². The summed E-state index contributed by atoms with van der Waals surface area (Å²) in [6.07, 6.45) is 1.13. The third-order valence-corrected chi connectivity index (χ3v) is 3.77. The first-order valence-corrected chi connectivity index (χ1v) is 7.86. The second-order valence-electron chi connectivity index (χ2n) is 6.24. The van der Waals surface area contributed by atoms with Crippen LogP contribution in [0.5, 0.6) is 0 Å². The number of anilines is 2. The van der Waals surface area contributed by atoms with Crippen molar-refractivity contribution in [2.45, 2.75) is 32.6 Å². The minimum Gasteiger partial charge on any atom is -0.419 e. The summed E-state index contributed by atoms with van der Waals surface area (Å²) in [4.78, 5) is 49.2. The van der Waals surface area contributed by atoms with E-state index in [0.29, 0.717) is 5.69 Å². The Bertz CT molecular complexity index is 823. The number of rotatable bonds is 3. The van der Waals surface area contributed by atoms with E-state index in [4.69, 9.17) is 9.47 Å². The fourth-order valence-electron chi connectivity index (χ4n) is 2.55. The molecule has 1 aromatic carbocycles. The number of nitrogens with one attached hydrogen (secondary N) is 2. The molecule has 2 N–H and O–H groups in total. The van der Waals surface area contributed by atoms with Crippen molar-refractivity contribution in [1.82, 2.24) is 5.32 Å². The maximum Gasteiger partial charge on any atom is 0.350 e. The zero-order chi connectivity index (χ0) is 19.1. The van der Waals surface area contributed by atoms with Gasteiger partial charge in [0.1, 0.15) is 6.04 Å². The van der Waals surface area contributed by atoms with Crippen LogP contribution >= 0.6 is 0 Å². The zero-order valence-electron chi connectivity index (χ0n) is 14.4. The van der Waals surface area contributed by atoms with Gasteiger partial charge in [-0.05, 0) is 19.1 Å². The van der Waals surface area contributed by atoms with Crippen LogP contribution in [-0.4, -0.2) is 35.7 Å². The molecule has 3 amide bonds. The Morgan fingerprint density at radius 1 is 1.12 bits per heavy atom. The van der Waals surface area contributed by atoms with E-state index >= 15 is 0 Å². The Labute approximate surface area is 148 Å². The number of esters is 2. The van der Waals surface area contributed by atoms with Crippen molar-refractivity contribution in [3.8, 4) is 0 Å². The van der Waals surface area contributed by atoms with Gasteiger partial charge in [-0.3, -0.25) is 4.79 Å². The van der Waals surface area contributed by atoms with Crippen LogP contribution < -0.4 is 15.5 Å². The van der Waals surface area contributed by atoms with Crippen LogP contribution in [0.25, 0.3) is 0 Å². The molecule has 1 atom stereocenters. The number of cyclic esters (lactones) is 2. The summed E-state index contributed by atoms with van der Waals surface area (Å²) in [6, 6.07) is 5.30. The van der Waals surface area contributed by atoms with Gasteiger partial charge in [-0.15, -0.1) is 0 Å². The number of carbonyl (C=O) groups excluding carboxylic acids is 4. The molecule has 2 aliphatic rings. The molecule has 3 rings (SSSR count). The van der Waals surface area contributed by atoms with Crippen LogP contribution in [-0.2, 0) is 23.9 Å². The summed E-state index contributed by atoms with van der Waals surface area (Å²) >= 11 is 0. The second-order valence-corrected chi connectivity index (χ2v) is 6.24.